The van der Waals surface area contributed by atoms with Gasteiger partial charge >= 0.3 is 0 Å². The molecule has 1 heterocycles. The van der Waals surface area contributed by atoms with Crippen molar-refractivity contribution in [3.05, 3.63) is 71.8 Å². The molecule has 1 aliphatic heterocycles. The van der Waals surface area contributed by atoms with E-state index in [2.05, 4.69) is 42.5 Å². The third kappa shape index (κ3) is 24.6. The molecule has 0 amide bonds. The molecule has 0 aromatic heterocycles. The van der Waals surface area contributed by atoms with E-state index < -0.39 is 91.1 Å². The number of halogens is 2. The fraction of sp³-hybridized carbons (Fsp3) is 0.600. The van der Waals surface area contributed by atoms with Crippen molar-refractivity contribution in [1.29, 1.82) is 0 Å². The Kier molecular flexibility index (Phi) is 27.3. The molecule has 1 aliphatic rings. The summed E-state index contributed by atoms with van der Waals surface area (Å²) >= 11 is 0. The number of carbonyl (C=O) groups excluding carboxylic acids is 8. The summed E-state index contributed by atoms with van der Waals surface area (Å²) in [5.41, 5.74) is 1.70. The molecule has 0 aliphatic carbocycles. The van der Waals surface area contributed by atoms with Gasteiger partial charge in [-0.05, 0) is 48.6 Å². The number of benzene rings is 2. The van der Waals surface area contributed by atoms with E-state index in [-0.39, 0.29) is 101 Å². The molecule has 8 N–H and O–H groups in total. The van der Waals surface area contributed by atoms with Gasteiger partial charge in [0.05, 0.1) is 76.4 Å². The third-order valence-electron chi connectivity index (χ3n) is 11.2. The first-order valence-corrected chi connectivity index (χ1v) is 23.8. The Labute approximate surface area is 399 Å². The molecule has 18 heteroatoms. The molecule has 0 spiro atoms. The van der Waals surface area contributed by atoms with Crippen LogP contribution < -0.4 is 42.5 Å². The van der Waals surface area contributed by atoms with Crippen LogP contribution >= 0.6 is 0 Å². The molecule has 1 fully saturated rings. The van der Waals surface area contributed by atoms with Gasteiger partial charge in [0.2, 0.25) is 0 Å². The first kappa shape index (κ1) is 57.7. The summed E-state index contributed by atoms with van der Waals surface area (Å²) in [6, 6.07) is 15.4. The molecule has 0 saturated carbocycles. The maximum absolute atomic E-state index is 14.9. The van der Waals surface area contributed by atoms with Crippen molar-refractivity contribution < 1.29 is 47.1 Å². The predicted molar refractivity (Wildman–Crippen MR) is 256 cm³/mol. The number of rotatable bonds is 8. The fourth-order valence-corrected chi connectivity index (χ4v) is 7.69. The van der Waals surface area contributed by atoms with Crippen molar-refractivity contribution in [2.75, 3.05) is 65.7 Å². The number of carbonyl (C=O) groups is 8. The maximum Gasteiger partial charge on any atom is 0.163 e. The molecule has 376 valence electrons. The number of nitrogens with one attached hydrogen (secondary N) is 8. The van der Waals surface area contributed by atoms with Crippen LogP contribution in [-0.4, -0.2) is 148 Å². The average molecular weight is 953 g/mol. The van der Waals surface area contributed by atoms with Crippen molar-refractivity contribution in [2.24, 2.45) is 11.8 Å². The molecule has 2 aromatic carbocycles. The topological polar surface area (TPSA) is 233 Å². The number of Topliss-reactive ketones (excluding diaryl/α,β-unsaturated/α-hetero) is 8. The number of hydrogen-bond acceptors (Lipinski definition) is 16. The smallest absolute Gasteiger partial charge is 0.163 e. The van der Waals surface area contributed by atoms with Crippen LogP contribution in [-0.2, 0) is 51.2 Å². The van der Waals surface area contributed by atoms with Crippen molar-refractivity contribution in [2.45, 2.75) is 116 Å². The lowest BCUT2D eigenvalue weighted by atomic mass is 9.93. The van der Waals surface area contributed by atoms with Gasteiger partial charge in [0.1, 0.15) is 29.7 Å². The lowest BCUT2D eigenvalue weighted by Crippen LogP contribution is -2.51. The van der Waals surface area contributed by atoms with E-state index >= 15 is 0 Å². The minimum atomic E-state index is -1.75. The Morgan fingerprint density at radius 3 is 1.38 bits per heavy atom. The molecule has 68 heavy (non-hydrogen) atoms. The zero-order valence-corrected chi connectivity index (χ0v) is 40.1. The number of alkyl halides is 2. The molecule has 0 radical (unpaired) electrons. The Bertz CT molecular complexity index is 1910. The normalized spacial score (nSPS) is 25.2. The van der Waals surface area contributed by atoms with E-state index in [1.807, 2.05) is 88.4 Å². The summed E-state index contributed by atoms with van der Waals surface area (Å²) in [5, 5.41) is 23.6. The zero-order chi connectivity index (χ0) is 49.8. The van der Waals surface area contributed by atoms with Crippen molar-refractivity contribution in [3.8, 4) is 0 Å². The minimum absolute atomic E-state index is 0.0217. The average Bonchev–Trinajstić information content (AvgIpc) is 3.27. The fourth-order valence-electron chi connectivity index (χ4n) is 7.69. The van der Waals surface area contributed by atoms with E-state index in [0.29, 0.717) is 19.3 Å². The first-order valence-electron chi connectivity index (χ1n) is 23.8. The van der Waals surface area contributed by atoms with E-state index in [9.17, 15) is 47.1 Å². The van der Waals surface area contributed by atoms with Crippen molar-refractivity contribution in [3.63, 3.8) is 0 Å². The Balaban J connectivity index is 1.71. The van der Waals surface area contributed by atoms with Gasteiger partial charge in [-0.2, -0.15) is 0 Å². The van der Waals surface area contributed by atoms with Crippen molar-refractivity contribution >= 4 is 46.3 Å². The van der Waals surface area contributed by atoms with Gasteiger partial charge in [-0.15, -0.1) is 0 Å². The highest BCUT2D eigenvalue weighted by Gasteiger charge is 2.28. The molecule has 2 unspecified atom stereocenters. The number of hydrogen-bond donors (Lipinski definition) is 8. The van der Waals surface area contributed by atoms with Crippen molar-refractivity contribution in [1.82, 2.24) is 42.5 Å². The Hall–Kier alpha value is -4.66. The molecule has 0 bridgehead atoms. The Morgan fingerprint density at radius 2 is 0.853 bits per heavy atom. The van der Waals surface area contributed by atoms with Crippen LogP contribution in [0, 0.1) is 11.8 Å². The van der Waals surface area contributed by atoms with E-state index in [0.717, 1.165) is 11.1 Å². The van der Waals surface area contributed by atoms with Crippen LogP contribution in [0.1, 0.15) is 77.3 Å². The molecule has 3 rings (SSSR count). The van der Waals surface area contributed by atoms with Crippen LogP contribution in [0.2, 0.25) is 0 Å². The summed E-state index contributed by atoms with van der Waals surface area (Å²) in [4.78, 5) is 105. The maximum atomic E-state index is 14.9. The van der Waals surface area contributed by atoms with Gasteiger partial charge in [-0.3, -0.25) is 59.6 Å². The molecule has 2 aromatic rings. The van der Waals surface area contributed by atoms with Gasteiger partial charge in [-0.1, -0.05) is 88.4 Å². The SMILES string of the molecule is CC(C)C[C@@H]1NCN[C@@H](Cc2ccccc2)C(=O)CNCC(=O)CC(F)CNCC(=O)CN[C@@H](CC(C)C)C(=O)CC(=O)[C@H](Cc2ccccc2)NCNCC(=O)CC(F)CC(=O)CNCC1=O. The summed E-state index contributed by atoms with van der Waals surface area (Å²) in [7, 11) is 0. The highest BCUT2D eigenvalue weighted by atomic mass is 19.1. The quantitative estimate of drug-likeness (QED) is 0.175. The molecular formula is C50H74F2N8O8. The van der Waals surface area contributed by atoms with Gasteiger partial charge in [0.25, 0.3) is 0 Å². The molecular weight excluding hydrogens is 879 g/mol. The van der Waals surface area contributed by atoms with Gasteiger partial charge in [-0.25, -0.2) is 8.78 Å². The highest BCUT2D eigenvalue weighted by molar-refractivity contribution is 6.04. The van der Waals surface area contributed by atoms with Crippen LogP contribution in [0.15, 0.2) is 60.7 Å². The molecule has 16 nitrogen and oxygen atoms in total. The lowest BCUT2D eigenvalue weighted by molar-refractivity contribution is -0.130. The van der Waals surface area contributed by atoms with Gasteiger partial charge < -0.3 is 21.3 Å². The molecule has 6 atom stereocenters. The van der Waals surface area contributed by atoms with Gasteiger partial charge in [0.15, 0.2) is 28.9 Å². The summed E-state index contributed by atoms with van der Waals surface area (Å²) in [6.07, 6.45) is -3.94. The van der Waals surface area contributed by atoms with Crippen LogP contribution in [0.25, 0.3) is 0 Å². The largest absolute Gasteiger partial charge is 0.307 e. The Morgan fingerprint density at radius 1 is 0.441 bits per heavy atom. The monoisotopic (exact) mass is 953 g/mol. The summed E-state index contributed by atoms with van der Waals surface area (Å²) in [5.74, 6) is -3.00. The van der Waals surface area contributed by atoms with Crippen LogP contribution in [0.3, 0.4) is 0 Å². The molecule has 1 saturated heterocycles. The second-order valence-electron chi connectivity index (χ2n) is 18.5. The first-order chi connectivity index (χ1) is 32.5. The number of ketones is 8. The van der Waals surface area contributed by atoms with E-state index in [1.54, 1.807) is 0 Å². The predicted octanol–water partition coefficient (Wildman–Crippen LogP) is 1.47. The van der Waals surface area contributed by atoms with Crippen LogP contribution in [0.4, 0.5) is 8.78 Å². The second kappa shape index (κ2) is 32.2. The summed E-state index contributed by atoms with van der Waals surface area (Å²) < 4.78 is 29.8. The second-order valence-corrected chi connectivity index (χ2v) is 18.5. The van der Waals surface area contributed by atoms with E-state index in [1.165, 1.54) is 0 Å². The van der Waals surface area contributed by atoms with Gasteiger partial charge in [0, 0.05) is 39.1 Å². The minimum Gasteiger partial charge on any atom is -0.307 e. The third-order valence-corrected chi connectivity index (χ3v) is 11.2. The van der Waals surface area contributed by atoms with Crippen LogP contribution in [0.5, 0.6) is 0 Å². The zero-order valence-electron chi connectivity index (χ0n) is 40.1. The van der Waals surface area contributed by atoms with E-state index in [4.69, 9.17) is 0 Å². The standard InChI is InChI=1S/C50H74F2N8O8/c1-33(2)15-43-47(65)22-48(66)45(17-35-11-7-5-8-12-35)58-31-56-26-40(62)20-37(51)19-39(61)24-54-29-49(67)44(16-34(3)4)59-32-60-46(18-36-13-9-6-10-14-36)50(68)30-55-25-41(63)21-38(52)23-53-27-42(64)28-57-43/h5-14,33-34,37-38,43-46,53-60H,15-32H2,1-4H3/t37?,38?,43-,44-,45-,46-/m0/s1. The highest BCUT2D eigenvalue weighted by Crippen LogP contribution is 2.12. The lowest BCUT2D eigenvalue weighted by Gasteiger charge is -2.23. The summed E-state index contributed by atoms with van der Waals surface area (Å²) in [6.45, 7) is 5.87.